The van der Waals surface area contributed by atoms with Gasteiger partial charge in [0.05, 0.1) is 0 Å². The van der Waals surface area contributed by atoms with E-state index in [9.17, 15) is 4.79 Å². The van der Waals surface area contributed by atoms with Crippen molar-refractivity contribution in [3.63, 3.8) is 0 Å². The van der Waals surface area contributed by atoms with Crippen molar-refractivity contribution in [3.05, 3.63) is 76.8 Å². The highest BCUT2D eigenvalue weighted by Crippen LogP contribution is 2.28. The number of benzene rings is 3. The third kappa shape index (κ3) is 6.18. The van der Waals surface area contributed by atoms with Crippen molar-refractivity contribution in [2.45, 2.75) is 33.1 Å². The first kappa shape index (κ1) is 24.7. The minimum absolute atomic E-state index is 0.167. The summed E-state index contributed by atoms with van der Waals surface area (Å²) in [5, 5.41) is 6.40. The lowest BCUT2D eigenvalue weighted by molar-refractivity contribution is -0.121. The number of nitrogens with zero attached hydrogens (tertiary/aromatic N) is 1. The minimum atomic E-state index is -0.364. The zero-order valence-electron chi connectivity index (χ0n) is 19.7. The van der Waals surface area contributed by atoms with Crippen LogP contribution in [0.4, 0.5) is 5.69 Å². The molecule has 2 N–H and O–H groups in total. The molecular weight excluding hydrogens is 482 g/mol. The smallest absolute Gasteiger partial charge is 0.264 e. The molecule has 0 aliphatic rings. The maximum Gasteiger partial charge on any atom is 0.264 e. The molecule has 0 bridgehead atoms. The average Bonchev–Trinajstić information content (AvgIpc) is 3.27. The lowest BCUT2D eigenvalue weighted by Crippen LogP contribution is -2.37. The van der Waals surface area contributed by atoms with Gasteiger partial charge < -0.3 is 14.5 Å². The minimum Gasteiger partial charge on any atom is -0.483 e. The summed E-state index contributed by atoms with van der Waals surface area (Å²) in [5.41, 5.74) is 5.28. The van der Waals surface area contributed by atoms with Crippen LogP contribution in [0.25, 0.3) is 22.6 Å². The first-order valence-electron chi connectivity index (χ1n) is 11.3. The number of hydrogen-bond donors (Lipinski definition) is 2. The van der Waals surface area contributed by atoms with Crippen molar-refractivity contribution in [2.75, 3.05) is 11.9 Å². The molecule has 1 atom stereocenters. The van der Waals surface area contributed by atoms with Gasteiger partial charge in [-0.15, -0.1) is 0 Å². The number of aromatic nitrogens is 1. The maximum absolute atomic E-state index is 12.2. The van der Waals surface area contributed by atoms with Crippen LogP contribution >= 0.6 is 23.8 Å². The van der Waals surface area contributed by atoms with Gasteiger partial charge in [0.2, 0.25) is 5.89 Å². The Morgan fingerprint density at radius 3 is 2.63 bits per heavy atom. The quantitative estimate of drug-likeness (QED) is 0.266. The number of carbonyl (C=O) groups excluding carboxylic acids is 1. The molecule has 4 rings (SSSR count). The molecule has 0 radical (unpaired) electrons. The molecule has 0 spiro atoms. The zero-order chi connectivity index (χ0) is 24.9. The molecule has 0 aliphatic carbocycles. The normalized spacial score (nSPS) is 11.8. The first-order valence-corrected chi connectivity index (χ1v) is 12.1. The topological polar surface area (TPSA) is 76.4 Å². The van der Waals surface area contributed by atoms with Crippen LogP contribution in [0.2, 0.25) is 5.02 Å². The molecule has 0 aliphatic heterocycles. The van der Waals surface area contributed by atoms with Gasteiger partial charge in [-0.25, -0.2) is 4.98 Å². The summed E-state index contributed by atoms with van der Waals surface area (Å²) in [7, 11) is 0. The highest BCUT2D eigenvalue weighted by atomic mass is 35.5. The van der Waals surface area contributed by atoms with Crippen LogP contribution in [0.15, 0.2) is 65.1 Å². The van der Waals surface area contributed by atoms with Crippen molar-refractivity contribution in [1.29, 1.82) is 0 Å². The molecule has 6 nitrogen and oxygen atoms in total. The van der Waals surface area contributed by atoms with E-state index in [0.717, 1.165) is 34.3 Å². The molecule has 3 aromatic carbocycles. The van der Waals surface area contributed by atoms with Crippen LogP contribution in [-0.4, -0.2) is 22.6 Å². The summed E-state index contributed by atoms with van der Waals surface area (Å²) in [6.07, 6.45) is 1.07. The second-order valence-electron chi connectivity index (χ2n) is 8.33. The van der Waals surface area contributed by atoms with Gasteiger partial charge in [0.1, 0.15) is 11.3 Å². The van der Waals surface area contributed by atoms with Gasteiger partial charge in [-0.2, -0.15) is 0 Å². The van der Waals surface area contributed by atoms with Crippen molar-refractivity contribution in [2.24, 2.45) is 0 Å². The Morgan fingerprint density at radius 1 is 1.14 bits per heavy atom. The highest BCUT2D eigenvalue weighted by Gasteiger charge is 2.12. The highest BCUT2D eigenvalue weighted by molar-refractivity contribution is 7.80. The van der Waals surface area contributed by atoms with E-state index in [-0.39, 0.29) is 17.6 Å². The number of hydrogen-bond acceptors (Lipinski definition) is 5. The Kier molecular flexibility index (Phi) is 7.68. The van der Waals surface area contributed by atoms with Gasteiger partial charge in [0, 0.05) is 16.3 Å². The lowest BCUT2D eigenvalue weighted by Gasteiger charge is -2.12. The maximum atomic E-state index is 12.2. The van der Waals surface area contributed by atoms with Gasteiger partial charge in [-0.05, 0) is 97.2 Å². The number of aryl methyl sites for hydroxylation is 1. The van der Waals surface area contributed by atoms with Crippen molar-refractivity contribution >= 4 is 51.6 Å². The van der Waals surface area contributed by atoms with Gasteiger partial charge in [0.25, 0.3) is 5.91 Å². The monoisotopic (exact) mass is 507 g/mol. The molecule has 35 heavy (non-hydrogen) atoms. The number of carbonyl (C=O) groups is 1. The van der Waals surface area contributed by atoms with Crippen LogP contribution < -0.4 is 15.4 Å². The Balaban J connectivity index is 1.33. The SMILES string of the molecule is CC[C@@H](C)c1ccc2oc(-c3ccc(NC(=S)NC(=O)COc4ccc(Cl)cc4C)cc3)nc2c1. The molecule has 0 saturated heterocycles. The largest absolute Gasteiger partial charge is 0.483 e. The van der Waals surface area contributed by atoms with Crippen molar-refractivity contribution in [3.8, 4) is 17.2 Å². The van der Waals surface area contributed by atoms with Gasteiger partial charge >= 0.3 is 0 Å². The average molecular weight is 508 g/mol. The van der Waals surface area contributed by atoms with Gasteiger partial charge in [0.15, 0.2) is 17.3 Å². The molecule has 1 amide bonds. The van der Waals surface area contributed by atoms with E-state index in [0.29, 0.717) is 22.6 Å². The van der Waals surface area contributed by atoms with E-state index in [2.05, 4.69) is 41.6 Å². The number of thiocarbonyl (C=S) groups is 1. The molecular formula is C27H26ClN3O3S. The molecule has 1 aromatic heterocycles. The van der Waals surface area contributed by atoms with E-state index >= 15 is 0 Å². The van der Waals surface area contributed by atoms with E-state index in [4.69, 9.17) is 33.0 Å². The second-order valence-corrected chi connectivity index (χ2v) is 9.18. The molecule has 180 valence electrons. The van der Waals surface area contributed by atoms with Crippen LogP contribution in [0.1, 0.15) is 37.3 Å². The molecule has 8 heteroatoms. The van der Waals surface area contributed by atoms with E-state index in [1.807, 2.05) is 37.3 Å². The van der Waals surface area contributed by atoms with Gasteiger partial charge in [-0.1, -0.05) is 31.5 Å². The Labute approximate surface area is 214 Å². The fourth-order valence-corrected chi connectivity index (χ4v) is 4.01. The van der Waals surface area contributed by atoms with Crippen LogP contribution in [0.3, 0.4) is 0 Å². The Bertz CT molecular complexity index is 1370. The Hall–Kier alpha value is -3.42. The fourth-order valence-electron chi connectivity index (χ4n) is 3.55. The number of nitrogens with one attached hydrogen (secondary N) is 2. The van der Waals surface area contributed by atoms with E-state index in [1.165, 1.54) is 5.56 Å². The van der Waals surface area contributed by atoms with Crippen LogP contribution in [0, 0.1) is 6.92 Å². The van der Waals surface area contributed by atoms with Crippen LogP contribution in [0.5, 0.6) is 5.75 Å². The van der Waals surface area contributed by atoms with E-state index < -0.39 is 0 Å². The summed E-state index contributed by atoms with van der Waals surface area (Å²) in [6, 6.07) is 18.8. The number of oxazole rings is 1. The summed E-state index contributed by atoms with van der Waals surface area (Å²) in [5.74, 6) is 1.26. The van der Waals surface area contributed by atoms with Crippen molar-refractivity contribution < 1.29 is 13.9 Å². The Morgan fingerprint density at radius 2 is 1.91 bits per heavy atom. The third-order valence-corrected chi connectivity index (χ3v) is 6.17. The molecule has 4 aromatic rings. The van der Waals surface area contributed by atoms with Crippen molar-refractivity contribution in [1.82, 2.24) is 10.3 Å². The summed E-state index contributed by atoms with van der Waals surface area (Å²) < 4.78 is 11.5. The third-order valence-electron chi connectivity index (χ3n) is 5.73. The predicted molar refractivity (Wildman–Crippen MR) is 144 cm³/mol. The summed E-state index contributed by atoms with van der Waals surface area (Å²) in [6.45, 7) is 6.07. The number of anilines is 1. The number of halogens is 1. The first-order chi connectivity index (χ1) is 16.8. The number of fused-ring (bicyclic) bond motifs is 1. The standard InChI is InChI=1S/C27H26ClN3O3S/c1-4-16(2)19-7-11-24-22(14-19)30-26(34-24)18-5-9-21(10-6-18)29-27(35)31-25(32)15-33-23-12-8-20(28)13-17(23)3/h5-14,16H,4,15H2,1-3H3,(H2,29,31,32,35)/t16-/m1/s1. The molecule has 1 heterocycles. The number of amides is 1. The molecule has 0 saturated carbocycles. The zero-order valence-corrected chi connectivity index (χ0v) is 21.3. The summed E-state index contributed by atoms with van der Waals surface area (Å²) in [4.78, 5) is 16.9. The second kappa shape index (κ2) is 10.9. The van der Waals surface area contributed by atoms with Gasteiger partial charge in [-0.3, -0.25) is 10.1 Å². The lowest BCUT2D eigenvalue weighted by atomic mass is 9.98. The van der Waals surface area contributed by atoms with E-state index in [1.54, 1.807) is 18.2 Å². The predicted octanol–water partition coefficient (Wildman–Crippen LogP) is 6.86. The fraction of sp³-hybridized carbons (Fsp3) is 0.222. The number of ether oxygens (including phenoxy) is 1. The van der Waals surface area contributed by atoms with Crippen LogP contribution in [-0.2, 0) is 4.79 Å². The number of rotatable bonds is 7. The molecule has 0 unspecified atom stereocenters. The molecule has 0 fully saturated rings. The summed E-state index contributed by atoms with van der Waals surface area (Å²) >= 11 is 11.2.